The van der Waals surface area contributed by atoms with Crippen LogP contribution in [0.25, 0.3) is 0 Å². The van der Waals surface area contributed by atoms with E-state index in [1.807, 2.05) is 60.7 Å². The normalized spacial score (nSPS) is 17.9. The summed E-state index contributed by atoms with van der Waals surface area (Å²) in [6.07, 6.45) is 25.5. The first-order valence-corrected chi connectivity index (χ1v) is 45.6. The van der Waals surface area contributed by atoms with Crippen LogP contribution in [0.4, 0.5) is 35.1 Å². The van der Waals surface area contributed by atoms with Crippen molar-refractivity contribution in [2.24, 2.45) is 0 Å². The lowest BCUT2D eigenvalue weighted by molar-refractivity contribution is 0.0690. The van der Waals surface area contributed by atoms with Gasteiger partial charge in [-0.05, 0) is 108 Å². The molecular weight excluding hydrogens is 1910 g/mol. The average molecular weight is 1990 g/mol. The summed E-state index contributed by atoms with van der Waals surface area (Å²) in [6.45, 7) is 1.28. The van der Waals surface area contributed by atoms with Gasteiger partial charge in [-0.15, -0.1) is 0 Å². The van der Waals surface area contributed by atoms with Gasteiger partial charge >= 0.3 is 0 Å². The summed E-state index contributed by atoms with van der Waals surface area (Å²) in [5.74, 6) is -11.5. The highest BCUT2D eigenvalue weighted by molar-refractivity contribution is 5.99. The van der Waals surface area contributed by atoms with Crippen molar-refractivity contribution in [1.29, 1.82) is 0 Å². The number of hydrogen-bond donors (Lipinski definition) is 2. The minimum Gasteiger partial charge on any atom is -0.502 e. The van der Waals surface area contributed by atoms with Crippen LogP contribution in [0.1, 0.15) is 122 Å². The summed E-state index contributed by atoms with van der Waals surface area (Å²) in [7, 11) is 0. The fourth-order valence-electron chi connectivity index (χ4n) is 17.9. The van der Waals surface area contributed by atoms with Gasteiger partial charge in [0.1, 0.15) is 113 Å². The number of hydrogen-bond acceptors (Lipinski definition) is 24. The van der Waals surface area contributed by atoms with E-state index >= 15 is 0 Å². The van der Waals surface area contributed by atoms with Gasteiger partial charge < -0.3 is 58.2 Å². The molecule has 8 aliphatic rings. The van der Waals surface area contributed by atoms with Gasteiger partial charge in [-0.1, -0.05) is 109 Å². The number of ether oxygens (including phenoxy) is 6. The summed E-state index contributed by atoms with van der Waals surface area (Å²) < 4.78 is 156. The summed E-state index contributed by atoms with van der Waals surface area (Å²) in [5.41, 5.74) is 1.96. The number of benzene rings is 6. The monoisotopic (exact) mass is 1990 g/mol. The molecule has 8 aliphatic heterocycles. The second-order valence-corrected chi connectivity index (χ2v) is 33.8. The Morgan fingerprint density at radius 3 is 0.788 bits per heavy atom. The SMILES string of the molecule is O=C1c2c(O)c(=O)ccn2N2CN1C/C=C\COc1cc(F)c(F)cc1[C@@H]2c1ccccn1.O=C1c2c(O)c(=O)ccn2N2CN1C/C=C\COc1cc(F)c(F)cc1[C@H]2c1ccccn1.O=C1c2c(OCc3ccccc3)c(=O)ccn2N2CN1C/C=C\COc1cc(F)c(F)cc1[C@@H]2c1ccccn1.O=C1c2c(OCc3ccccc3)c(=O)ccn2N2CN1C/C=C\COc1cc(F)c(F)cc1[C@H]2c1ccccn1. The van der Waals surface area contributed by atoms with E-state index in [4.69, 9.17) is 28.4 Å². The molecule has 2 N–H and O–H groups in total. The Morgan fingerprint density at radius 2 is 0.527 bits per heavy atom. The Morgan fingerprint density at radius 1 is 0.288 bits per heavy atom. The van der Waals surface area contributed by atoms with Crippen LogP contribution in [0.2, 0.25) is 0 Å². The first kappa shape index (κ1) is 96.5. The van der Waals surface area contributed by atoms with Crippen molar-refractivity contribution in [3.05, 3.63) is 471 Å². The van der Waals surface area contributed by atoms with Gasteiger partial charge in [0.15, 0.2) is 92.3 Å². The second-order valence-electron chi connectivity index (χ2n) is 33.8. The molecule has 4 amide bonds. The van der Waals surface area contributed by atoms with Crippen molar-refractivity contribution < 1.29 is 92.9 Å². The van der Waals surface area contributed by atoms with E-state index in [0.717, 1.165) is 71.8 Å². The Balaban J connectivity index is 0.000000123. The van der Waals surface area contributed by atoms with E-state index < -0.39 is 128 Å². The fraction of sp³-hybridized carbons (Fsp3) is 0.170. The fourth-order valence-corrected chi connectivity index (χ4v) is 17.9. The number of carbonyl (C=O) groups excluding carboxylic acids is 4. The molecule has 0 fully saturated rings. The van der Waals surface area contributed by atoms with Crippen LogP contribution in [0.15, 0.2) is 324 Å². The number of aromatic nitrogens is 8. The number of pyridine rings is 8. The molecule has 146 heavy (non-hydrogen) atoms. The van der Waals surface area contributed by atoms with Gasteiger partial charge in [-0.25, -0.2) is 35.1 Å². The van der Waals surface area contributed by atoms with Gasteiger partial charge in [0.2, 0.25) is 21.7 Å². The summed E-state index contributed by atoms with van der Waals surface area (Å²) >= 11 is 0. The van der Waals surface area contributed by atoms with Crippen LogP contribution in [0, 0.1) is 46.5 Å². The highest BCUT2D eigenvalue weighted by Gasteiger charge is 2.45. The standard InChI is InChI=1S/2C30H24F2N4O4.2C23H18F2N4O4/c2*31-22-16-21-26(17-23(22)32)39-15-7-6-13-34-19-36(27(21)24-10-4-5-12-33-24)35-14-11-25(37)29(28(35)30(34)38)40-18-20-8-2-1-3-9-20;2*24-15-11-14-19(12-16(15)25)33-10-4-3-8-27-13-29(20(14)17-5-1-2-7-26-17)28-9-6-18(30)22(31)21(28)23(27)32/h2*1-12,14,16-17,27H,13,15,18-19H2;2*1-7,9,11-12,20,31H,8,10,13H2/b2*7-6-;2*4-3-/t2*27-;2*20-/m1010/s1. The molecule has 8 aromatic heterocycles. The lowest BCUT2D eigenvalue weighted by atomic mass is 10.0. The van der Waals surface area contributed by atoms with Crippen LogP contribution >= 0.6 is 0 Å². The molecule has 4 atom stereocenters. The van der Waals surface area contributed by atoms with Crippen LogP contribution in [-0.4, -0.2) is 171 Å². The summed E-state index contributed by atoms with van der Waals surface area (Å²) in [6, 6.07) is 49.2. The molecule has 0 spiro atoms. The molecule has 16 heterocycles. The Bertz CT molecular complexity index is 7280. The van der Waals surface area contributed by atoms with Gasteiger partial charge in [0.25, 0.3) is 23.6 Å². The molecule has 0 saturated carbocycles. The van der Waals surface area contributed by atoms with Crippen LogP contribution < -0.4 is 70.2 Å². The largest absolute Gasteiger partial charge is 0.502 e. The highest BCUT2D eigenvalue weighted by atomic mass is 19.2. The van der Waals surface area contributed by atoms with E-state index in [-0.39, 0.29) is 161 Å². The van der Waals surface area contributed by atoms with Crippen molar-refractivity contribution in [3.8, 4) is 46.0 Å². The zero-order valence-electron chi connectivity index (χ0n) is 76.9. The molecule has 22 rings (SSSR count). The minimum atomic E-state index is -1.07. The van der Waals surface area contributed by atoms with Crippen LogP contribution in [0.5, 0.6) is 46.0 Å². The third-order valence-corrected chi connectivity index (χ3v) is 24.7. The third kappa shape index (κ3) is 19.6. The molecule has 32 nitrogen and oxygen atoms in total. The predicted molar refractivity (Wildman–Crippen MR) is 512 cm³/mol. The maximum atomic E-state index is 14.7. The molecule has 0 saturated heterocycles. The number of fused-ring (bicyclic) bond motifs is 20. The van der Waals surface area contributed by atoms with Gasteiger partial charge in [-0.2, -0.15) is 0 Å². The number of aromatic hydroxyl groups is 2. The van der Waals surface area contributed by atoms with Crippen molar-refractivity contribution in [2.45, 2.75) is 37.4 Å². The molecule has 40 heteroatoms. The first-order chi connectivity index (χ1) is 70.9. The maximum Gasteiger partial charge on any atom is 0.278 e. The van der Waals surface area contributed by atoms with Crippen LogP contribution in [-0.2, 0) is 13.2 Å². The molecule has 6 aromatic carbocycles. The second kappa shape index (κ2) is 42.2. The summed E-state index contributed by atoms with van der Waals surface area (Å²) in [5, 5.41) is 27.7. The smallest absolute Gasteiger partial charge is 0.278 e. The molecule has 14 aromatic rings. The number of carbonyl (C=O) groups is 4. The van der Waals surface area contributed by atoms with E-state index in [1.54, 1.807) is 176 Å². The Labute approximate surface area is 824 Å². The summed E-state index contributed by atoms with van der Waals surface area (Å²) in [4.78, 5) is 128. The molecule has 0 aliphatic carbocycles. The lowest BCUT2D eigenvalue weighted by Crippen LogP contribution is -2.55. The third-order valence-electron chi connectivity index (χ3n) is 24.7. The van der Waals surface area contributed by atoms with E-state index in [9.17, 15) is 83.7 Å². The van der Waals surface area contributed by atoms with Gasteiger partial charge in [0.05, 0.1) is 22.8 Å². The first-order valence-electron chi connectivity index (χ1n) is 45.6. The molecule has 8 bridgehead atoms. The number of nitrogens with zero attached hydrogens (tertiary/aromatic N) is 16. The average Bonchev–Trinajstić information content (AvgIpc) is 1.04. The molecular formula is C106H84F8N16O16. The predicted octanol–water partition coefficient (Wildman–Crippen LogP) is 13.0. The zero-order chi connectivity index (χ0) is 102. The number of rotatable bonds is 10. The molecule has 0 unspecified atom stereocenters. The van der Waals surface area contributed by atoms with Crippen molar-refractivity contribution in [1.82, 2.24) is 58.2 Å². The van der Waals surface area contributed by atoms with Crippen molar-refractivity contribution >= 4 is 23.6 Å². The Hall–Kier alpha value is -18.4. The van der Waals surface area contributed by atoms with E-state index in [0.29, 0.717) is 33.9 Å². The van der Waals surface area contributed by atoms with Crippen LogP contribution in [0.3, 0.4) is 0 Å². The van der Waals surface area contributed by atoms with Gasteiger partial charge in [-0.3, -0.25) is 97.0 Å². The quantitative estimate of drug-likeness (QED) is 0.0948. The van der Waals surface area contributed by atoms with E-state index in [2.05, 4.69) is 19.9 Å². The topological polar surface area (TPSA) is 330 Å². The number of halogens is 8. The highest BCUT2D eigenvalue weighted by Crippen LogP contribution is 2.44. The zero-order valence-corrected chi connectivity index (χ0v) is 76.9. The van der Waals surface area contributed by atoms with Crippen molar-refractivity contribution in [2.75, 3.05) is 99.3 Å². The lowest BCUT2D eigenvalue weighted by Gasteiger charge is -2.43. The van der Waals surface area contributed by atoms with Crippen molar-refractivity contribution in [3.63, 3.8) is 0 Å². The van der Waals surface area contributed by atoms with E-state index in [1.165, 1.54) is 65.4 Å². The maximum absolute atomic E-state index is 14.7. The minimum absolute atomic E-state index is 0.0121. The molecule has 740 valence electrons. The Kier molecular flexibility index (Phi) is 27.9. The molecule has 0 radical (unpaired) electrons. The van der Waals surface area contributed by atoms with Gasteiger partial charge in [0, 0.05) is 147 Å². The number of amides is 4.